The third-order valence-corrected chi connectivity index (χ3v) is 5.60. The van der Waals surface area contributed by atoms with Gasteiger partial charge in [0.25, 0.3) is 5.91 Å². The van der Waals surface area contributed by atoms with Gasteiger partial charge in [-0.1, -0.05) is 0 Å². The summed E-state index contributed by atoms with van der Waals surface area (Å²) in [5.41, 5.74) is 0.434. The van der Waals surface area contributed by atoms with Gasteiger partial charge in [-0.25, -0.2) is 9.97 Å². The second-order valence-electron chi connectivity index (χ2n) is 7.68. The van der Waals surface area contributed by atoms with Gasteiger partial charge in [-0.3, -0.25) is 9.59 Å². The summed E-state index contributed by atoms with van der Waals surface area (Å²) in [5, 5.41) is 13.4. The normalized spacial score (nSPS) is 18.2. The molecule has 3 aromatic heterocycles. The van der Waals surface area contributed by atoms with Gasteiger partial charge in [0.2, 0.25) is 0 Å². The molecule has 1 unspecified atom stereocenters. The van der Waals surface area contributed by atoms with Gasteiger partial charge in [-0.05, 0) is 37.8 Å². The van der Waals surface area contributed by atoms with Crippen LogP contribution in [0.5, 0.6) is 0 Å². The number of rotatable bonds is 8. The Morgan fingerprint density at radius 3 is 2.88 bits per heavy atom. The summed E-state index contributed by atoms with van der Waals surface area (Å²) in [4.78, 5) is 39.5. The van der Waals surface area contributed by atoms with Crippen molar-refractivity contribution < 1.29 is 19.4 Å². The molecular formula is C21H27N7O5. The number of amides is 1. The van der Waals surface area contributed by atoms with Crippen LogP contribution in [0.2, 0.25) is 0 Å². The lowest BCUT2D eigenvalue weighted by Gasteiger charge is -2.28. The molecular weight excluding hydrogens is 430 g/mol. The van der Waals surface area contributed by atoms with Crippen LogP contribution in [0.1, 0.15) is 36.0 Å². The van der Waals surface area contributed by atoms with E-state index in [4.69, 9.17) is 9.73 Å². The minimum absolute atomic E-state index is 0.0276. The first kappa shape index (κ1) is 22.6. The molecule has 0 aromatic carbocycles. The van der Waals surface area contributed by atoms with E-state index in [1.165, 1.54) is 24.0 Å². The van der Waals surface area contributed by atoms with Crippen LogP contribution in [0.3, 0.4) is 0 Å². The molecule has 176 valence electrons. The Bertz CT molecular complexity index is 1190. The number of anilines is 3. The third-order valence-electron chi connectivity index (χ3n) is 5.60. The highest BCUT2D eigenvalue weighted by Crippen LogP contribution is 2.23. The van der Waals surface area contributed by atoms with E-state index in [2.05, 4.69) is 30.9 Å². The maximum Gasteiger partial charge on any atom is 0.309 e. The van der Waals surface area contributed by atoms with Crippen LogP contribution in [0.15, 0.2) is 35.4 Å². The van der Waals surface area contributed by atoms with Crippen LogP contribution in [0.25, 0.3) is 5.65 Å². The monoisotopic (exact) mass is 457 g/mol. The van der Waals surface area contributed by atoms with Crippen molar-refractivity contribution in [3.63, 3.8) is 0 Å². The van der Waals surface area contributed by atoms with Crippen LogP contribution in [0, 0.1) is 0 Å². The fourth-order valence-corrected chi connectivity index (χ4v) is 3.97. The molecule has 1 fully saturated rings. The van der Waals surface area contributed by atoms with E-state index in [1.807, 2.05) is 0 Å². The van der Waals surface area contributed by atoms with Gasteiger partial charge in [0.05, 0.1) is 25.6 Å². The number of fused-ring (bicyclic) bond motifs is 1. The van der Waals surface area contributed by atoms with Gasteiger partial charge >= 0.3 is 5.56 Å². The molecule has 12 heteroatoms. The molecule has 0 saturated heterocycles. The van der Waals surface area contributed by atoms with E-state index in [1.54, 1.807) is 32.4 Å². The third kappa shape index (κ3) is 4.76. The van der Waals surface area contributed by atoms with E-state index in [0.717, 1.165) is 30.4 Å². The quantitative estimate of drug-likeness (QED) is 0.339. The largest absolute Gasteiger partial charge is 0.381 e. The van der Waals surface area contributed by atoms with Crippen molar-refractivity contribution in [2.75, 3.05) is 31.9 Å². The zero-order chi connectivity index (χ0) is 23.4. The van der Waals surface area contributed by atoms with Crippen LogP contribution in [-0.4, -0.2) is 58.6 Å². The zero-order valence-electron chi connectivity index (χ0n) is 18.7. The minimum atomic E-state index is -0.469. The summed E-state index contributed by atoms with van der Waals surface area (Å²) in [6.07, 6.45) is 6.72. The van der Waals surface area contributed by atoms with Gasteiger partial charge < -0.3 is 20.7 Å². The Balaban J connectivity index is 1.63. The molecule has 4 rings (SSSR count). The number of ether oxygens (including phenoxy) is 1. The molecule has 3 N–H and O–H groups in total. The van der Waals surface area contributed by atoms with E-state index >= 15 is 0 Å². The van der Waals surface area contributed by atoms with Crippen molar-refractivity contribution >= 4 is 28.9 Å². The highest BCUT2D eigenvalue weighted by atomic mass is 17.3. The first-order valence-electron chi connectivity index (χ1n) is 10.6. The van der Waals surface area contributed by atoms with Gasteiger partial charge in [0.15, 0.2) is 5.65 Å². The van der Waals surface area contributed by atoms with Crippen LogP contribution >= 0.6 is 0 Å². The number of methoxy groups -OCH3 is 1. The van der Waals surface area contributed by atoms with Gasteiger partial charge in [-0.15, -0.1) is 4.73 Å². The number of carbonyl (C=O) groups excluding carboxylic acids is 1. The molecule has 33 heavy (non-hydrogen) atoms. The topological polar surface area (TPSA) is 133 Å². The molecule has 1 saturated carbocycles. The molecule has 2 atom stereocenters. The molecule has 0 aliphatic heterocycles. The van der Waals surface area contributed by atoms with Crippen LogP contribution in [0.4, 0.5) is 17.3 Å². The molecule has 3 aromatic rings. The lowest BCUT2D eigenvalue weighted by molar-refractivity contribution is -0.274. The second kappa shape index (κ2) is 9.88. The molecule has 1 amide bonds. The Morgan fingerprint density at radius 2 is 2.12 bits per heavy atom. The first-order chi connectivity index (χ1) is 16.0. The van der Waals surface area contributed by atoms with E-state index in [-0.39, 0.29) is 23.7 Å². The summed E-state index contributed by atoms with van der Waals surface area (Å²) < 4.78 is 7.94. The summed E-state index contributed by atoms with van der Waals surface area (Å²) >= 11 is 0. The van der Waals surface area contributed by atoms with Crippen molar-refractivity contribution in [2.45, 2.75) is 37.8 Å². The van der Waals surface area contributed by atoms with Crippen molar-refractivity contribution in [3.05, 3.63) is 46.5 Å². The molecule has 0 spiro atoms. The minimum Gasteiger partial charge on any atom is -0.381 e. The summed E-state index contributed by atoms with van der Waals surface area (Å²) in [5.74, 6) is 0.683. The van der Waals surface area contributed by atoms with Crippen LogP contribution in [-0.2, 0) is 9.62 Å². The fraction of sp³-hybridized carbons (Fsp3) is 0.429. The lowest BCUT2D eigenvalue weighted by atomic mass is 9.92. The predicted molar refractivity (Wildman–Crippen MR) is 121 cm³/mol. The number of nitrogens with zero attached hydrogens (tertiary/aromatic N) is 4. The smallest absolute Gasteiger partial charge is 0.309 e. The average molecular weight is 457 g/mol. The number of nitrogens with one attached hydrogen (secondary N) is 3. The summed E-state index contributed by atoms with van der Waals surface area (Å²) in [7, 11) is 4.73. The number of pyridine rings is 1. The van der Waals surface area contributed by atoms with Gasteiger partial charge in [-0.2, -0.15) is 14.5 Å². The van der Waals surface area contributed by atoms with Crippen molar-refractivity contribution in [3.8, 4) is 0 Å². The number of carbonyl (C=O) groups is 1. The van der Waals surface area contributed by atoms with Crippen LogP contribution < -0.4 is 26.5 Å². The standard InChI is InChI=1S/C21H27N7O5/c1-22-18-11-17(25-16-8-5-9-27(21(16)30)33-32-3)26-19-15(12-23-28(18)19)20(29)24-13-6-4-7-14(10-13)31-2/h5,8-9,11-14,22H,4,6-7,10H2,1-3H3,(H,24,29)(H,25,26)/t13?,14-/m0/s1. The Hall–Kier alpha value is -3.64. The number of hydrogen-bond acceptors (Lipinski definition) is 9. The Kier molecular flexibility index (Phi) is 6.75. The lowest BCUT2D eigenvalue weighted by Crippen LogP contribution is -2.40. The highest BCUT2D eigenvalue weighted by molar-refractivity contribution is 6.00. The van der Waals surface area contributed by atoms with E-state index in [9.17, 15) is 9.59 Å². The fourth-order valence-electron chi connectivity index (χ4n) is 3.97. The first-order valence-corrected chi connectivity index (χ1v) is 10.6. The summed E-state index contributed by atoms with van der Waals surface area (Å²) in [6.45, 7) is 0. The van der Waals surface area contributed by atoms with Gasteiger partial charge in [0.1, 0.15) is 22.9 Å². The highest BCUT2D eigenvalue weighted by Gasteiger charge is 2.25. The SMILES string of the molecule is CNc1cc(Nc2cccn(OOC)c2=O)nc2c(C(=O)NC3CCC[C@H](OC)C3)cnn12. The molecule has 1 aliphatic rings. The van der Waals surface area contributed by atoms with Crippen molar-refractivity contribution in [2.24, 2.45) is 0 Å². The van der Waals surface area contributed by atoms with Crippen molar-refractivity contribution in [1.29, 1.82) is 0 Å². The summed E-state index contributed by atoms with van der Waals surface area (Å²) in [6, 6.07) is 4.91. The molecule has 0 bridgehead atoms. The Labute approximate surface area is 189 Å². The molecule has 3 heterocycles. The Morgan fingerprint density at radius 1 is 1.27 bits per heavy atom. The molecule has 0 radical (unpaired) electrons. The number of hydrogen-bond donors (Lipinski definition) is 3. The molecule has 1 aliphatic carbocycles. The zero-order valence-corrected chi connectivity index (χ0v) is 18.7. The van der Waals surface area contributed by atoms with E-state index < -0.39 is 5.56 Å². The van der Waals surface area contributed by atoms with E-state index in [0.29, 0.717) is 22.8 Å². The molecule has 12 nitrogen and oxygen atoms in total. The van der Waals surface area contributed by atoms with Crippen molar-refractivity contribution in [1.82, 2.24) is 24.6 Å². The second-order valence-corrected chi connectivity index (χ2v) is 7.68. The predicted octanol–water partition coefficient (Wildman–Crippen LogP) is 1.35. The number of aromatic nitrogens is 4. The maximum absolute atomic E-state index is 13.1. The average Bonchev–Trinajstić information content (AvgIpc) is 3.25. The van der Waals surface area contributed by atoms with Gasteiger partial charge in [0, 0.05) is 26.3 Å². The maximum atomic E-state index is 13.1.